The van der Waals surface area contributed by atoms with E-state index in [2.05, 4.69) is 15.0 Å². The predicted octanol–water partition coefficient (Wildman–Crippen LogP) is 0.278. The Morgan fingerprint density at radius 1 is 1.25 bits per heavy atom. The molecular weight excluding hydrogens is 302 g/mol. The van der Waals surface area contributed by atoms with Crippen molar-refractivity contribution in [3.8, 4) is 0 Å². The number of rotatable bonds is 4. The fraction of sp³-hybridized carbons (Fsp3) is 0.444. The van der Waals surface area contributed by atoms with E-state index in [-0.39, 0.29) is 17.5 Å². The molecule has 0 aliphatic heterocycles. The first-order valence-electron chi connectivity index (χ1n) is 8.35. The summed E-state index contributed by atoms with van der Waals surface area (Å²) in [5.74, 6) is 0.760. The second-order valence-electron chi connectivity index (χ2n) is 6.03. The van der Waals surface area contributed by atoms with E-state index >= 15 is 0 Å². The highest BCUT2D eigenvalue weighted by atomic mass is 16.1. The van der Waals surface area contributed by atoms with E-state index in [1.54, 1.807) is 25.4 Å². The summed E-state index contributed by atoms with van der Waals surface area (Å²) in [6, 6.07) is 5.41. The number of ketones is 1. The van der Waals surface area contributed by atoms with Gasteiger partial charge in [0.2, 0.25) is 0 Å². The summed E-state index contributed by atoms with van der Waals surface area (Å²) in [5, 5.41) is 0. The van der Waals surface area contributed by atoms with Crippen LogP contribution in [0.1, 0.15) is 44.7 Å². The van der Waals surface area contributed by atoms with Crippen molar-refractivity contribution >= 4 is 17.5 Å². The molecule has 1 aliphatic rings. The fourth-order valence-electron chi connectivity index (χ4n) is 3.05. The van der Waals surface area contributed by atoms with E-state index in [0.29, 0.717) is 22.8 Å². The molecule has 1 aromatic rings. The monoisotopic (exact) mass is 328 g/mol. The molecule has 6 heteroatoms. The van der Waals surface area contributed by atoms with Crippen molar-refractivity contribution in [2.75, 3.05) is 7.05 Å². The standard InChI is InChI=1S/C18H25N5O/c1-12(24)15(16(19)13-8-4-3-5-9-13)18(21-2)23-17(20)14-10-6-7-11-22-14/h6-7,10-11,13H,3-5,8-9,19H2,1-2H3,(H2,20,21,23)/p+1. The zero-order chi connectivity index (χ0) is 17.5. The average molecular weight is 328 g/mol. The van der Waals surface area contributed by atoms with Crippen LogP contribution in [0.25, 0.3) is 0 Å². The molecule has 6 nitrogen and oxygen atoms in total. The van der Waals surface area contributed by atoms with Gasteiger partial charge in [0, 0.05) is 11.9 Å². The Hall–Kier alpha value is -2.50. The molecule has 5 N–H and O–H groups in total. The Balaban J connectivity index is 2.39. The Labute approximate surface area is 142 Å². The number of carbonyl (C=O) groups is 1. The molecule has 0 aromatic carbocycles. The molecule has 0 radical (unpaired) electrons. The van der Waals surface area contributed by atoms with Gasteiger partial charge in [0.25, 0.3) is 5.84 Å². The molecule has 1 heterocycles. The molecule has 0 saturated heterocycles. The number of carbonyl (C=O) groups excluding carboxylic acids is 1. The maximum absolute atomic E-state index is 12.2. The highest BCUT2D eigenvalue weighted by Gasteiger charge is 2.28. The highest BCUT2D eigenvalue weighted by molar-refractivity contribution is 6.22. The van der Waals surface area contributed by atoms with Crippen molar-refractivity contribution in [2.24, 2.45) is 22.4 Å². The first kappa shape index (κ1) is 17.8. The lowest BCUT2D eigenvalue weighted by molar-refractivity contribution is -0.420. The minimum Gasteiger partial charge on any atom is -0.401 e. The first-order valence-corrected chi connectivity index (χ1v) is 8.35. The molecule has 1 saturated carbocycles. The topological polar surface area (TPSA) is 108 Å². The summed E-state index contributed by atoms with van der Waals surface area (Å²) in [6.45, 7) is 1.51. The lowest BCUT2D eigenvalue weighted by Gasteiger charge is -2.23. The largest absolute Gasteiger partial charge is 0.401 e. The Kier molecular flexibility index (Phi) is 6.23. The number of amidine groups is 2. The second-order valence-corrected chi connectivity index (χ2v) is 6.03. The number of nitrogens with two attached hydrogens (primary N) is 2. The van der Waals surface area contributed by atoms with Crippen LogP contribution in [-0.4, -0.2) is 29.5 Å². The molecule has 1 aromatic heterocycles. The van der Waals surface area contributed by atoms with Gasteiger partial charge in [0.1, 0.15) is 11.3 Å². The van der Waals surface area contributed by atoms with Gasteiger partial charge in [-0.05, 0) is 42.8 Å². The number of nitrogens with zero attached hydrogens (tertiary/aromatic N) is 2. The Bertz CT molecular complexity index is 670. The van der Waals surface area contributed by atoms with Crippen LogP contribution in [0.3, 0.4) is 0 Å². The van der Waals surface area contributed by atoms with Gasteiger partial charge in [0.15, 0.2) is 5.78 Å². The molecule has 0 amide bonds. The van der Waals surface area contributed by atoms with Crippen LogP contribution in [-0.2, 0) is 4.79 Å². The maximum atomic E-state index is 12.2. The molecule has 0 atom stereocenters. The smallest absolute Gasteiger partial charge is 0.331 e. The van der Waals surface area contributed by atoms with E-state index in [0.717, 1.165) is 25.7 Å². The minimum atomic E-state index is -0.111. The molecule has 0 unspecified atom stereocenters. The Morgan fingerprint density at radius 3 is 2.50 bits per heavy atom. The van der Waals surface area contributed by atoms with E-state index in [4.69, 9.17) is 11.5 Å². The van der Waals surface area contributed by atoms with Gasteiger partial charge >= 0.3 is 5.84 Å². The molecule has 2 rings (SSSR count). The lowest BCUT2D eigenvalue weighted by atomic mass is 9.84. The summed E-state index contributed by atoms with van der Waals surface area (Å²) >= 11 is 0. The second kappa shape index (κ2) is 8.38. The molecular formula is C18H26N5O+. The third-order valence-electron chi connectivity index (χ3n) is 4.32. The van der Waals surface area contributed by atoms with E-state index < -0.39 is 0 Å². The van der Waals surface area contributed by atoms with Gasteiger partial charge in [0.05, 0.1) is 7.05 Å². The van der Waals surface area contributed by atoms with Crippen molar-refractivity contribution in [2.45, 2.75) is 39.0 Å². The molecule has 0 spiro atoms. The van der Waals surface area contributed by atoms with Crippen LogP contribution in [0.2, 0.25) is 0 Å². The Morgan fingerprint density at radius 2 is 1.96 bits per heavy atom. The van der Waals surface area contributed by atoms with Crippen LogP contribution in [0, 0.1) is 5.92 Å². The number of pyridine rings is 1. The SMILES string of the molecule is C[NH+]=C(N=C(N)c1ccccn1)C(C(C)=O)=C(N)C1CCCCC1. The normalized spacial score (nSPS) is 18.2. The average Bonchev–Trinajstić information content (AvgIpc) is 2.62. The summed E-state index contributed by atoms with van der Waals surface area (Å²) in [6.07, 6.45) is 7.19. The van der Waals surface area contributed by atoms with Gasteiger partial charge in [-0.2, -0.15) is 0 Å². The number of nitrogens with one attached hydrogen (secondary N) is 1. The highest BCUT2D eigenvalue weighted by Crippen LogP contribution is 2.29. The van der Waals surface area contributed by atoms with E-state index in [9.17, 15) is 4.79 Å². The van der Waals surface area contributed by atoms with Gasteiger partial charge in [-0.15, -0.1) is 0 Å². The third-order valence-corrected chi connectivity index (χ3v) is 4.32. The van der Waals surface area contributed by atoms with Crippen LogP contribution in [0.4, 0.5) is 0 Å². The zero-order valence-electron chi connectivity index (χ0n) is 14.4. The fourth-order valence-corrected chi connectivity index (χ4v) is 3.05. The van der Waals surface area contributed by atoms with Crippen LogP contribution >= 0.6 is 0 Å². The van der Waals surface area contributed by atoms with Crippen LogP contribution < -0.4 is 16.5 Å². The van der Waals surface area contributed by atoms with Gasteiger partial charge in [-0.1, -0.05) is 25.3 Å². The van der Waals surface area contributed by atoms with E-state index in [1.165, 1.54) is 13.3 Å². The molecule has 24 heavy (non-hydrogen) atoms. The van der Waals surface area contributed by atoms with Crippen molar-refractivity contribution in [3.05, 3.63) is 41.4 Å². The number of Topliss-reactive ketones (excluding diaryl/α,β-unsaturated/α-hetero) is 1. The van der Waals surface area contributed by atoms with Crippen LogP contribution in [0.5, 0.6) is 0 Å². The van der Waals surface area contributed by atoms with Crippen molar-refractivity contribution in [3.63, 3.8) is 0 Å². The van der Waals surface area contributed by atoms with Crippen LogP contribution in [0.15, 0.2) is 40.7 Å². The third kappa shape index (κ3) is 4.28. The number of aromatic nitrogens is 1. The molecule has 128 valence electrons. The van der Waals surface area contributed by atoms with Crippen molar-refractivity contribution in [1.82, 2.24) is 4.98 Å². The summed E-state index contributed by atoms with van der Waals surface area (Å²) < 4.78 is 0. The van der Waals surface area contributed by atoms with E-state index in [1.807, 2.05) is 6.07 Å². The number of allylic oxidation sites excluding steroid dienone is 1. The quantitative estimate of drug-likeness (QED) is 0.419. The summed E-state index contributed by atoms with van der Waals surface area (Å²) in [7, 11) is 1.71. The zero-order valence-corrected chi connectivity index (χ0v) is 14.4. The van der Waals surface area contributed by atoms with Crippen molar-refractivity contribution < 1.29 is 9.79 Å². The number of hydrogen-bond donors (Lipinski definition) is 3. The lowest BCUT2D eigenvalue weighted by Crippen LogP contribution is -2.68. The minimum absolute atomic E-state index is 0.111. The summed E-state index contributed by atoms with van der Waals surface area (Å²) in [5.41, 5.74) is 14.0. The number of aliphatic imine (C=N–C) groups is 1. The molecule has 1 aliphatic carbocycles. The number of hydrogen-bond acceptors (Lipinski definition) is 3. The van der Waals surface area contributed by atoms with Gasteiger partial charge in [-0.3, -0.25) is 14.8 Å². The molecule has 1 fully saturated rings. The summed E-state index contributed by atoms with van der Waals surface area (Å²) in [4.78, 5) is 23.7. The maximum Gasteiger partial charge on any atom is 0.331 e. The van der Waals surface area contributed by atoms with Gasteiger partial charge < -0.3 is 11.5 Å². The van der Waals surface area contributed by atoms with Crippen molar-refractivity contribution in [1.29, 1.82) is 0 Å². The first-order chi connectivity index (χ1) is 11.5. The molecule has 0 bridgehead atoms. The van der Waals surface area contributed by atoms with Gasteiger partial charge in [-0.25, -0.2) is 0 Å². The predicted molar refractivity (Wildman–Crippen MR) is 95.3 cm³/mol.